The molecule has 0 unspecified atom stereocenters. The molecule has 1 aliphatic carbocycles. The van der Waals surface area contributed by atoms with E-state index in [1.54, 1.807) is 0 Å². The van der Waals surface area contributed by atoms with Gasteiger partial charge in [-0.15, -0.1) is 0 Å². The van der Waals surface area contributed by atoms with Crippen LogP contribution in [0.25, 0.3) is 11.0 Å². The smallest absolute Gasteiger partial charge is 0.263 e. The van der Waals surface area contributed by atoms with E-state index in [4.69, 9.17) is 9.47 Å². The van der Waals surface area contributed by atoms with Crippen LogP contribution in [0.4, 0.5) is 10.2 Å². The zero-order chi connectivity index (χ0) is 24.9. The van der Waals surface area contributed by atoms with Crippen molar-refractivity contribution in [1.29, 1.82) is 0 Å². The second-order valence-corrected chi connectivity index (χ2v) is 10.1. The summed E-state index contributed by atoms with van der Waals surface area (Å²) in [6.45, 7) is 7.37. The van der Waals surface area contributed by atoms with Crippen molar-refractivity contribution in [1.82, 2.24) is 20.3 Å². The molecule has 3 aromatic rings. The maximum Gasteiger partial charge on any atom is 0.263 e. The molecule has 1 saturated carbocycles. The van der Waals surface area contributed by atoms with Crippen LogP contribution in [0, 0.1) is 12.7 Å². The van der Waals surface area contributed by atoms with Gasteiger partial charge in [0.25, 0.3) is 5.91 Å². The Hall–Kier alpha value is -3.43. The fourth-order valence-corrected chi connectivity index (χ4v) is 5.50. The number of amides is 1. The lowest BCUT2D eigenvalue weighted by atomic mass is 9.67. The van der Waals surface area contributed by atoms with Crippen LogP contribution in [-0.4, -0.2) is 45.2 Å². The topological polar surface area (TPSA) is 98.3 Å². The number of fused-ring (bicyclic) bond motifs is 5. The summed E-state index contributed by atoms with van der Waals surface area (Å²) in [6.07, 6.45) is 5.12. The molecule has 6 heterocycles. The number of hydrogen-bond donors (Lipinski definition) is 2. The van der Waals surface area contributed by atoms with Gasteiger partial charge in [0.15, 0.2) is 18.2 Å². The minimum Gasteiger partial charge on any atom is -0.480 e. The predicted molar refractivity (Wildman–Crippen MR) is 132 cm³/mol. The number of nitrogens with one attached hydrogen (secondary N) is 2. The van der Waals surface area contributed by atoms with Crippen molar-refractivity contribution in [2.45, 2.75) is 56.7 Å². The Morgan fingerprint density at radius 3 is 2.81 bits per heavy atom. The molecule has 3 aromatic heterocycles. The molecule has 2 bridgehead atoms. The van der Waals surface area contributed by atoms with Crippen LogP contribution in [0.1, 0.15) is 42.6 Å². The molecule has 36 heavy (non-hydrogen) atoms. The van der Waals surface area contributed by atoms with Crippen molar-refractivity contribution in [3.05, 3.63) is 65.4 Å². The number of nitrogens with zero attached hydrogens (tertiary/aromatic N) is 3. The van der Waals surface area contributed by atoms with E-state index in [1.165, 1.54) is 6.20 Å². The normalized spacial score (nSPS) is 24.8. The lowest BCUT2D eigenvalue weighted by Crippen LogP contribution is -2.62. The molecular formula is C27H28FN5O3. The van der Waals surface area contributed by atoms with E-state index in [0.29, 0.717) is 47.7 Å². The highest BCUT2D eigenvalue weighted by Gasteiger charge is 2.50. The van der Waals surface area contributed by atoms with Gasteiger partial charge in [0.05, 0.1) is 35.1 Å². The quantitative estimate of drug-likeness (QED) is 0.509. The number of carbonyl (C=O) groups is 1. The van der Waals surface area contributed by atoms with Gasteiger partial charge in [0.2, 0.25) is 0 Å². The number of aromatic nitrogens is 3. The Bertz CT molecular complexity index is 1360. The first-order valence-electron chi connectivity index (χ1n) is 12.3. The molecule has 3 aliphatic heterocycles. The first-order chi connectivity index (χ1) is 17.3. The van der Waals surface area contributed by atoms with Crippen molar-refractivity contribution in [3.63, 3.8) is 0 Å². The monoisotopic (exact) mass is 489 g/mol. The molecule has 9 heteroatoms. The summed E-state index contributed by atoms with van der Waals surface area (Å²) >= 11 is 0. The Kier molecular flexibility index (Phi) is 5.49. The van der Waals surface area contributed by atoms with Crippen LogP contribution in [0.3, 0.4) is 0 Å². The summed E-state index contributed by atoms with van der Waals surface area (Å²) in [4.78, 5) is 24.9. The van der Waals surface area contributed by atoms with Crippen molar-refractivity contribution >= 4 is 22.8 Å². The zero-order valence-electron chi connectivity index (χ0n) is 20.2. The maximum atomic E-state index is 14.8. The summed E-state index contributed by atoms with van der Waals surface area (Å²) in [7, 11) is 0. The molecule has 1 amide bonds. The van der Waals surface area contributed by atoms with Crippen molar-refractivity contribution < 1.29 is 18.7 Å². The second kappa shape index (κ2) is 8.60. The fourth-order valence-electron chi connectivity index (χ4n) is 5.50. The minimum atomic E-state index is -0.457. The Morgan fingerprint density at radius 2 is 2.03 bits per heavy atom. The van der Waals surface area contributed by atoms with Gasteiger partial charge < -0.3 is 20.1 Å². The molecule has 0 spiro atoms. The molecule has 0 atom stereocenters. The van der Waals surface area contributed by atoms with E-state index in [9.17, 15) is 9.18 Å². The van der Waals surface area contributed by atoms with Gasteiger partial charge in [0.1, 0.15) is 5.82 Å². The van der Waals surface area contributed by atoms with Crippen LogP contribution < -0.4 is 15.4 Å². The van der Waals surface area contributed by atoms with Gasteiger partial charge in [-0.1, -0.05) is 6.58 Å². The van der Waals surface area contributed by atoms with E-state index in [-0.39, 0.29) is 23.9 Å². The Morgan fingerprint density at radius 1 is 1.19 bits per heavy atom. The average molecular weight is 490 g/mol. The minimum absolute atomic E-state index is 0.0138. The van der Waals surface area contributed by atoms with Crippen LogP contribution in [0.5, 0.6) is 5.75 Å². The highest BCUT2D eigenvalue weighted by atomic mass is 19.1. The summed E-state index contributed by atoms with van der Waals surface area (Å²) in [5, 5.41) is 6.41. The maximum absolute atomic E-state index is 14.8. The molecule has 0 aromatic carbocycles. The number of halogens is 1. The van der Waals surface area contributed by atoms with Gasteiger partial charge in [-0.05, 0) is 62.4 Å². The van der Waals surface area contributed by atoms with Crippen LogP contribution in [0.15, 0.2) is 42.6 Å². The first kappa shape index (κ1) is 23.0. The largest absolute Gasteiger partial charge is 0.480 e. The first-order valence-corrected chi connectivity index (χ1v) is 12.3. The van der Waals surface area contributed by atoms with E-state index >= 15 is 0 Å². The van der Waals surface area contributed by atoms with E-state index in [2.05, 4.69) is 32.2 Å². The third-order valence-electron chi connectivity index (χ3n) is 7.76. The van der Waals surface area contributed by atoms with E-state index in [0.717, 1.165) is 42.6 Å². The van der Waals surface area contributed by atoms with Crippen LogP contribution in [-0.2, 0) is 22.5 Å². The lowest BCUT2D eigenvalue weighted by Gasteiger charge is -2.54. The van der Waals surface area contributed by atoms with Crippen LogP contribution >= 0.6 is 0 Å². The number of rotatable bonds is 6. The Labute approximate surface area is 208 Å². The van der Waals surface area contributed by atoms with Gasteiger partial charge in [0, 0.05) is 29.8 Å². The predicted octanol–water partition coefficient (Wildman–Crippen LogP) is 3.77. The number of anilines is 1. The molecule has 186 valence electrons. The molecule has 7 rings (SSSR count). The number of pyridine rings is 3. The van der Waals surface area contributed by atoms with Gasteiger partial charge in [-0.2, -0.15) is 0 Å². The van der Waals surface area contributed by atoms with Gasteiger partial charge in [-0.3, -0.25) is 14.8 Å². The number of aryl methyl sites for hydroxylation is 1. The molecule has 0 radical (unpaired) electrons. The van der Waals surface area contributed by atoms with E-state index in [1.807, 2.05) is 31.2 Å². The summed E-state index contributed by atoms with van der Waals surface area (Å²) < 4.78 is 26.7. The molecular weight excluding hydrogens is 461 g/mol. The molecule has 4 aliphatic rings. The summed E-state index contributed by atoms with van der Waals surface area (Å²) in [5.74, 6) is 0.485. The number of hydrogen-bond acceptors (Lipinski definition) is 7. The number of ether oxygens (including phenoxy) is 2. The van der Waals surface area contributed by atoms with Gasteiger partial charge >= 0.3 is 0 Å². The zero-order valence-corrected chi connectivity index (χ0v) is 20.2. The third-order valence-corrected chi connectivity index (χ3v) is 7.76. The van der Waals surface area contributed by atoms with Crippen LogP contribution in [0.2, 0.25) is 0 Å². The lowest BCUT2D eigenvalue weighted by molar-refractivity contribution is -0.142. The van der Waals surface area contributed by atoms with Crippen molar-refractivity contribution in [3.8, 4) is 5.75 Å². The SMILES string of the molecule is C=C(Cc1c(F)cnc2ccc(C)nc12)C12CCC(NCc3ccc4c(n3)NC(=O)CO4)(CC1)CO2. The van der Waals surface area contributed by atoms with Crippen molar-refractivity contribution in [2.24, 2.45) is 0 Å². The molecule has 8 nitrogen and oxygen atoms in total. The average Bonchev–Trinajstić information content (AvgIpc) is 2.90. The summed E-state index contributed by atoms with van der Waals surface area (Å²) in [6, 6.07) is 7.49. The molecule has 2 saturated heterocycles. The van der Waals surface area contributed by atoms with Crippen molar-refractivity contribution in [2.75, 3.05) is 18.5 Å². The van der Waals surface area contributed by atoms with E-state index < -0.39 is 5.60 Å². The Balaban J connectivity index is 1.13. The highest BCUT2D eigenvalue weighted by Crippen LogP contribution is 2.48. The number of carbonyl (C=O) groups excluding carboxylic acids is 1. The third kappa shape index (κ3) is 4.02. The molecule has 2 N–H and O–H groups in total. The summed E-state index contributed by atoms with van der Waals surface area (Å²) in [5.41, 5.74) is 3.73. The standard InChI is InChI=1S/C27H28FN5O3/c1-16(11-19-20(28)13-29-21-5-3-17(2)31-24(19)21)27-9-7-26(8-10-27,15-36-27)30-12-18-4-6-22-25(32-18)33-23(34)14-35-22/h3-6,13,30H,1,7-12,14-15H2,2H3,(H,32,33,34). The fraction of sp³-hybridized carbons (Fsp3) is 0.407. The van der Waals surface area contributed by atoms with Gasteiger partial charge in [-0.25, -0.2) is 9.37 Å². The molecule has 3 fully saturated rings. The highest BCUT2D eigenvalue weighted by molar-refractivity contribution is 5.94. The second-order valence-electron chi connectivity index (χ2n) is 10.1.